The third-order valence-corrected chi connectivity index (χ3v) is 3.06. The van der Waals surface area contributed by atoms with Crippen LogP contribution in [-0.2, 0) is 5.41 Å². The molecule has 2 aromatic rings. The topological polar surface area (TPSA) is 20.2 Å². The van der Waals surface area contributed by atoms with E-state index in [2.05, 4.69) is 45.0 Å². The van der Waals surface area contributed by atoms with Gasteiger partial charge in [0.15, 0.2) is 0 Å². The molecule has 0 fully saturated rings. The summed E-state index contributed by atoms with van der Waals surface area (Å²) >= 11 is 0. The highest BCUT2D eigenvalue weighted by molar-refractivity contribution is 5.90. The van der Waals surface area contributed by atoms with Crippen LogP contribution in [0.2, 0.25) is 0 Å². The molecule has 0 aliphatic carbocycles. The van der Waals surface area contributed by atoms with Gasteiger partial charge in [-0.25, -0.2) is 0 Å². The Morgan fingerprint density at radius 2 is 1.62 bits per heavy atom. The lowest BCUT2D eigenvalue weighted by Gasteiger charge is -2.19. The summed E-state index contributed by atoms with van der Waals surface area (Å²) in [5.41, 5.74) is 2.30. The molecule has 0 spiro atoms. The number of phenols is 1. The molecule has 0 unspecified atom stereocenters. The summed E-state index contributed by atoms with van der Waals surface area (Å²) in [5.74, 6) is 0.406. The second kappa shape index (κ2) is 3.51. The van der Waals surface area contributed by atoms with Crippen molar-refractivity contribution in [3.05, 3.63) is 41.5 Å². The number of rotatable bonds is 0. The first kappa shape index (κ1) is 11.0. The van der Waals surface area contributed by atoms with Crippen LogP contribution in [0.25, 0.3) is 10.8 Å². The Bertz CT molecular complexity index is 533. The van der Waals surface area contributed by atoms with Crippen LogP contribution in [0.15, 0.2) is 30.3 Å². The molecule has 0 bridgehead atoms. The maximum absolute atomic E-state index is 10.0. The first-order chi connectivity index (χ1) is 7.39. The van der Waals surface area contributed by atoms with Gasteiger partial charge in [-0.2, -0.15) is 0 Å². The standard InChI is InChI=1S/C15H18O/c1-10-5-6-11-7-8-12(15(2,3)4)9-13(11)14(10)16/h5-9,16H,1-4H3. The molecule has 16 heavy (non-hydrogen) atoms. The van der Waals surface area contributed by atoms with E-state index in [1.165, 1.54) is 5.56 Å². The molecule has 0 saturated carbocycles. The lowest BCUT2D eigenvalue weighted by atomic mass is 9.85. The first-order valence-corrected chi connectivity index (χ1v) is 5.62. The fourth-order valence-electron chi connectivity index (χ4n) is 1.88. The zero-order valence-electron chi connectivity index (χ0n) is 10.3. The van der Waals surface area contributed by atoms with Gasteiger partial charge in [0.05, 0.1) is 0 Å². The van der Waals surface area contributed by atoms with Crippen molar-refractivity contribution in [2.45, 2.75) is 33.1 Å². The molecular weight excluding hydrogens is 196 g/mol. The second-order valence-electron chi connectivity index (χ2n) is 5.42. The molecule has 1 N–H and O–H groups in total. The van der Waals surface area contributed by atoms with E-state index in [-0.39, 0.29) is 5.41 Å². The number of hydrogen-bond donors (Lipinski definition) is 1. The Labute approximate surface area is 96.7 Å². The summed E-state index contributed by atoms with van der Waals surface area (Å²) in [7, 11) is 0. The molecule has 1 nitrogen and oxygen atoms in total. The van der Waals surface area contributed by atoms with E-state index in [4.69, 9.17) is 0 Å². The van der Waals surface area contributed by atoms with E-state index in [0.717, 1.165) is 16.3 Å². The molecular formula is C15H18O. The van der Waals surface area contributed by atoms with Crippen LogP contribution in [0.1, 0.15) is 31.9 Å². The Morgan fingerprint density at radius 3 is 2.25 bits per heavy atom. The van der Waals surface area contributed by atoms with Gasteiger partial charge in [0.2, 0.25) is 0 Å². The van der Waals surface area contributed by atoms with E-state index in [1.54, 1.807) is 0 Å². The summed E-state index contributed by atoms with van der Waals surface area (Å²) in [4.78, 5) is 0. The van der Waals surface area contributed by atoms with E-state index >= 15 is 0 Å². The lowest BCUT2D eigenvalue weighted by Crippen LogP contribution is -2.10. The molecule has 1 heteroatoms. The Balaban J connectivity index is 2.74. The molecule has 0 atom stereocenters. The van der Waals surface area contributed by atoms with Crippen molar-refractivity contribution in [3.8, 4) is 5.75 Å². The minimum absolute atomic E-state index is 0.115. The van der Waals surface area contributed by atoms with Gasteiger partial charge in [-0.1, -0.05) is 45.0 Å². The third kappa shape index (κ3) is 1.78. The van der Waals surface area contributed by atoms with Crippen molar-refractivity contribution < 1.29 is 5.11 Å². The average Bonchev–Trinajstić information content (AvgIpc) is 2.22. The highest BCUT2D eigenvalue weighted by Crippen LogP contribution is 2.32. The minimum atomic E-state index is 0.115. The van der Waals surface area contributed by atoms with Crippen molar-refractivity contribution in [1.82, 2.24) is 0 Å². The van der Waals surface area contributed by atoms with Gasteiger partial charge < -0.3 is 5.11 Å². The highest BCUT2D eigenvalue weighted by atomic mass is 16.3. The summed E-state index contributed by atoms with van der Waals surface area (Å²) in [6.45, 7) is 8.47. The number of aromatic hydroxyl groups is 1. The van der Waals surface area contributed by atoms with Crippen molar-refractivity contribution >= 4 is 10.8 Å². The summed E-state index contributed by atoms with van der Waals surface area (Å²) < 4.78 is 0. The van der Waals surface area contributed by atoms with Crippen LogP contribution in [0.3, 0.4) is 0 Å². The van der Waals surface area contributed by atoms with Crippen molar-refractivity contribution in [1.29, 1.82) is 0 Å². The fraction of sp³-hybridized carbons (Fsp3) is 0.333. The molecule has 0 radical (unpaired) electrons. The predicted molar refractivity (Wildman–Crippen MR) is 69.0 cm³/mol. The van der Waals surface area contributed by atoms with Crippen LogP contribution >= 0.6 is 0 Å². The lowest BCUT2D eigenvalue weighted by molar-refractivity contribution is 0.477. The average molecular weight is 214 g/mol. The van der Waals surface area contributed by atoms with Gasteiger partial charge in [-0.15, -0.1) is 0 Å². The number of fused-ring (bicyclic) bond motifs is 1. The molecule has 84 valence electrons. The van der Waals surface area contributed by atoms with Crippen LogP contribution in [-0.4, -0.2) is 5.11 Å². The quantitative estimate of drug-likeness (QED) is 0.698. The monoisotopic (exact) mass is 214 g/mol. The smallest absolute Gasteiger partial charge is 0.126 e. The predicted octanol–water partition coefficient (Wildman–Crippen LogP) is 4.15. The molecule has 2 aromatic carbocycles. The molecule has 0 saturated heterocycles. The molecule has 0 heterocycles. The summed E-state index contributed by atoms with van der Waals surface area (Å²) in [6, 6.07) is 10.3. The fourth-order valence-corrected chi connectivity index (χ4v) is 1.88. The number of aryl methyl sites for hydroxylation is 1. The first-order valence-electron chi connectivity index (χ1n) is 5.62. The van der Waals surface area contributed by atoms with E-state index in [9.17, 15) is 5.11 Å². The van der Waals surface area contributed by atoms with E-state index < -0.39 is 0 Å². The molecule has 2 rings (SSSR count). The minimum Gasteiger partial charge on any atom is -0.507 e. The number of hydrogen-bond acceptors (Lipinski definition) is 1. The van der Waals surface area contributed by atoms with Gasteiger partial charge in [0, 0.05) is 5.39 Å². The van der Waals surface area contributed by atoms with Crippen LogP contribution < -0.4 is 0 Å². The van der Waals surface area contributed by atoms with Crippen molar-refractivity contribution in [3.63, 3.8) is 0 Å². The Morgan fingerprint density at radius 1 is 1.00 bits per heavy atom. The van der Waals surface area contributed by atoms with Crippen molar-refractivity contribution in [2.24, 2.45) is 0 Å². The zero-order chi connectivity index (χ0) is 11.9. The van der Waals surface area contributed by atoms with Crippen molar-refractivity contribution in [2.75, 3.05) is 0 Å². The Hall–Kier alpha value is -1.50. The van der Waals surface area contributed by atoms with Crippen LogP contribution in [0.5, 0.6) is 5.75 Å². The van der Waals surface area contributed by atoms with Gasteiger partial charge in [0.1, 0.15) is 5.75 Å². The summed E-state index contributed by atoms with van der Waals surface area (Å²) in [6.07, 6.45) is 0. The van der Waals surface area contributed by atoms with Crippen LogP contribution in [0, 0.1) is 6.92 Å². The SMILES string of the molecule is Cc1ccc2ccc(C(C)(C)C)cc2c1O. The van der Waals surface area contributed by atoms with Gasteiger partial charge in [-0.3, -0.25) is 0 Å². The highest BCUT2D eigenvalue weighted by Gasteiger charge is 2.14. The largest absolute Gasteiger partial charge is 0.507 e. The molecule has 0 aromatic heterocycles. The second-order valence-corrected chi connectivity index (χ2v) is 5.42. The maximum atomic E-state index is 10.0. The number of phenolic OH excluding ortho intramolecular Hbond substituents is 1. The maximum Gasteiger partial charge on any atom is 0.126 e. The Kier molecular flexibility index (Phi) is 2.42. The molecule has 0 amide bonds. The van der Waals surface area contributed by atoms with Gasteiger partial charge in [-0.05, 0) is 34.9 Å². The molecule has 0 aliphatic heterocycles. The molecule has 0 aliphatic rings. The van der Waals surface area contributed by atoms with Gasteiger partial charge in [0.25, 0.3) is 0 Å². The van der Waals surface area contributed by atoms with Gasteiger partial charge >= 0.3 is 0 Å². The van der Waals surface area contributed by atoms with Crippen LogP contribution in [0.4, 0.5) is 0 Å². The van der Waals surface area contributed by atoms with E-state index in [0.29, 0.717) is 5.75 Å². The third-order valence-electron chi connectivity index (χ3n) is 3.06. The zero-order valence-corrected chi connectivity index (χ0v) is 10.3. The normalized spacial score (nSPS) is 12.0. The number of benzene rings is 2. The summed E-state index contributed by atoms with van der Waals surface area (Å²) in [5, 5.41) is 12.1. The van der Waals surface area contributed by atoms with E-state index in [1.807, 2.05) is 13.0 Å².